The molecule has 1 rings (SSSR count). The van der Waals surface area contributed by atoms with Gasteiger partial charge in [-0.2, -0.15) is 0 Å². The Hall–Kier alpha value is -1.98. The van der Waals surface area contributed by atoms with Crippen molar-refractivity contribution in [3.63, 3.8) is 0 Å². The molecule has 1 amide bonds. The number of amides is 1. The van der Waals surface area contributed by atoms with E-state index in [0.29, 0.717) is 6.54 Å². The van der Waals surface area contributed by atoms with Crippen molar-refractivity contribution in [1.29, 1.82) is 0 Å². The molecule has 0 radical (unpaired) electrons. The third-order valence-electron chi connectivity index (χ3n) is 2.62. The molecule has 0 aliphatic carbocycles. The summed E-state index contributed by atoms with van der Waals surface area (Å²) < 4.78 is 13.6. The third kappa shape index (κ3) is 2.82. The molecule has 0 aromatic heterocycles. The zero-order valence-corrected chi connectivity index (χ0v) is 10.5. The minimum atomic E-state index is -0.746. The first kappa shape index (κ1) is 14.1. The predicted molar refractivity (Wildman–Crippen MR) is 64.9 cm³/mol. The predicted octanol–water partition coefficient (Wildman–Crippen LogP) is 2.60. The van der Waals surface area contributed by atoms with Crippen molar-refractivity contribution in [2.24, 2.45) is 0 Å². The largest absolute Gasteiger partial charge is 0.336 e. The summed E-state index contributed by atoms with van der Waals surface area (Å²) in [5, 5.41) is 10.6. The first-order valence-electron chi connectivity index (χ1n) is 5.63. The van der Waals surface area contributed by atoms with Crippen LogP contribution in [0.3, 0.4) is 0 Å². The molecular formula is C12H15FN2O3. The molecule has 0 atom stereocenters. The van der Waals surface area contributed by atoms with Gasteiger partial charge < -0.3 is 4.90 Å². The molecule has 0 fully saturated rings. The maximum absolute atomic E-state index is 13.6. The zero-order valence-electron chi connectivity index (χ0n) is 10.5. The number of nitrogens with zero attached hydrogens (tertiary/aromatic N) is 2. The van der Waals surface area contributed by atoms with E-state index >= 15 is 0 Å². The van der Waals surface area contributed by atoms with Crippen molar-refractivity contribution >= 4 is 11.6 Å². The molecule has 18 heavy (non-hydrogen) atoms. The summed E-state index contributed by atoms with van der Waals surface area (Å²) in [7, 11) is 0. The highest BCUT2D eigenvalue weighted by molar-refractivity contribution is 5.95. The zero-order chi connectivity index (χ0) is 13.9. The van der Waals surface area contributed by atoms with Crippen LogP contribution in [0.5, 0.6) is 0 Å². The Bertz CT molecular complexity index is 474. The van der Waals surface area contributed by atoms with E-state index in [0.717, 1.165) is 18.2 Å². The lowest BCUT2D eigenvalue weighted by Gasteiger charge is -2.25. The van der Waals surface area contributed by atoms with Gasteiger partial charge in [0, 0.05) is 24.7 Å². The van der Waals surface area contributed by atoms with Gasteiger partial charge >= 0.3 is 0 Å². The normalized spacial score (nSPS) is 10.5. The van der Waals surface area contributed by atoms with Crippen molar-refractivity contribution in [1.82, 2.24) is 4.90 Å². The number of rotatable bonds is 4. The second kappa shape index (κ2) is 5.57. The fourth-order valence-corrected chi connectivity index (χ4v) is 1.69. The van der Waals surface area contributed by atoms with E-state index in [9.17, 15) is 19.3 Å². The van der Waals surface area contributed by atoms with Gasteiger partial charge in [0.1, 0.15) is 5.82 Å². The van der Waals surface area contributed by atoms with Crippen molar-refractivity contribution in [2.75, 3.05) is 6.54 Å². The van der Waals surface area contributed by atoms with Crippen LogP contribution in [0.15, 0.2) is 18.2 Å². The number of hydrogen-bond acceptors (Lipinski definition) is 3. The smallest absolute Gasteiger partial charge is 0.270 e. The first-order valence-corrected chi connectivity index (χ1v) is 5.63. The van der Waals surface area contributed by atoms with Gasteiger partial charge in [-0.05, 0) is 26.8 Å². The number of nitro benzene ring substituents is 1. The van der Waals surface area contributed by atoms with Gasteiger partial charge in [0.05, 0.1) is 10.5 Å². The molecular weight excluding hydrogens is 239 g/mol. The number of non-ortho nitro benzene ring substituents is 1. The molecule has 0 N–H and O–H groups in total. The lowest BCUT2D eigenvalue weighted by Crippen LogP contribution is -2.37. The summed E-state index contributed by atoms with van der Waals surface area (Å²) in [5.74, 6) is -1.28. The molecule has 98 valence electrons. The molecule has 0 heterocycles. The highest BCUT2D eigenvalue weighted by Crippen LogP contribution is 2.19. The van der Waals surface area contributed by atoms with Gasteiger partial charge in [-0.25, -0.2) is 4.39 Å². The second-order valence-corrected chi connectivity index (χ2v) is 4.11. The monoisotopic (exact) mass is 254 g/mol. The van der Waals surface area contributed by atoms with E-state index in [-0.39, 0.29) is 17.3 Å². The average Bonchev–Trinajstić information content (AvgIpc) is 2.29. The Morgan fingerprint density at radius 3 is 2.56 bits per heavy atom. The molecule has 0 unspecified atom stereocenters. The molecule has 5 nitrogen and oxygen atoms in total. The standard InChI is InChI=1S/C12H15FN2O3/c1-4-14(8(2)3)12(16)10-7-9(15(17)18)5-6-11(10)13/h5-8H,4H2,1-3H3. The van der Waals surface area contributed by atoms with E-state index in [1.165, 1.54) is 4.90 Å². The lowest BCUT2D eigenvalue weighted by molar-refractivity contribution is -0.384. The number of nitro groups is 1. The Labute approximate surface area is 104 Å². The quantitative estimate of drug-likeness (QED) is 0.612. The third-order valence-corrected chi connectivity index (χ3v) is 2.62. The van der Waals surface area contributed by atoms with Crippen LogP contribution < -0.4 is 0 Å². The number of carbonyl (C=O) groups excluding carboxylic acids is 1. The number of halogens is 1. The van der Waals surface area contributed by atoms with Gasteiger partial charge in [0.15, 0.2) is 0 Å². The van der Waals surface area contributed by atoms with Crippen molar-refractivity contribution in [3.8, 4) is 0 Å². The summed E-state index contributed by atoms with van der Waals surface area (Å²) in [6, 6.07) is 2.86. The van der Waals surface area contributed by atoms with Crippen molar-refractivity contribution < 1.29 is 14.1 Å². The Balaban J connectivity index is 3.19. The molecule has 0 aliphatic rings. The van der Waals surface area contributed by atoms with Crippen LogP contribution in [0.25, 0.3) is 0 Å². The van der Waals surface area contributed by atoms with Crippen LogP contribution in [-0.4, -0.2) is 28.3 Å². The maximum atomic E-state index is 13.6. The molecule has 0 aliphatic heterocycles. The van der Waals surface area contributed by atoms with Crippen LogP contribution >= 0.6 is 0 Å². The maximum Gasteiger partial charge on any atom is 0.270 e. The minimum absolute atomic E-state index is 0.0961. The molecule has 1 aromatic rings. The van der Waals surface area contributed by atoms with E-state index in [1.807, 2.05) is 0 Å². The molecule has 6 heteroatoms. The molecule has 0 saturated heterocycles. The van der Waals surface area contributed by atoms with Crippen LogP contribution in [0, 0.1) is 15.9 Å². The summed E-state index contributed by atoms with van der Waals surface area (Å²) >= 11 is 0. The van der Waals surface area contributed by atoms with Gasteiger partial charge in [0.2, 0.25) is 0 Å². The number of carbonyl (C=O) groups is 1. The van der Waals surface area contributed by atoms with Gasteiger partial charge in [-0.1, -0.05) is 0 Å². The second-order valence-electron chi connectivity index (χ2n) is 4.11. The van der Waals surface area contributed by atoms with Gasteiger partial charge in [-0.3, -0.25) is 14.9 Å². The molecule has 0 saturated carbocycles. The van der Waals surface area contributed by atoms with Crippen LogP contribution in [0.4, 0.5) is 10.1 Å². The highest BCUT2D eigenvalue weighted by Gasteiger charge is 2.22. The summed E-state index contributed by atoms with van der Waals surface area (Å²) in [6.45, 7) is 5.79. The molecule has 0 spiro atoms. The van der Waals surface area contributed by atoms with Crippen LogP contribution in [-0.2, 0) is 0 Å². The number of benzene rings is 1. The van der Waals surface area contributed by atoms with E-state index in [4.69, 9.17) is 0 Å². The van der Waals surface area contributed by atoms with Crippen molar-refractivity contribution in [3.05, 3.63) is 39.7 Å². The van der Waals surface area contributed by atoms with E-state index in [2.05, 4.69) is 0 Å². The SMILES string of the molecule is CCN(C(=O)c1cc([N+](=O)[O-])ccc1F)C(C)C. The Morgan fingerprint density at radius 2 is 2.11 bits per heavy atom. The summed E-state index contributed by atoms with van der Waals surface area (Å²) in [5.41, 5.74) is -0.556. The fraction of sp³-hybridized carbons (Fsp3) is 0.417. The average molecular weight is 254 g/mol. The first-order chi connectivity index (χ1) is 8.38. The van der Waals surface area contributed by atoms with E-state index < -0.39 is 16.6 Å². The van der Waals surface area contributed by atoms with Crippen molar-refractivity contribution in [2.45, 2.75) is 26.8 Å². The van der Waals surface area contributed by atoms with Gasteiger partial charge in [-0.15, -0.1) is 0 Å². The highest BCUT2D eigenvalue weighted by atomic mass is 19.1. The fourth-order valence-electron chi connectivity index (χ4n) is 1.69. The van der Waals surface area contributed by atoms with E-state index in [1.54, 1.807) is 20.8 Å². The van der Waals surface area contributed by atoms with Crippen LogP contribution in [0.2, 0.25) is 0 Å². The van der Waals surface area contributed by atoms with Gasteiger partial charge in [0.25, 0.3) is 11.6 Å². The summed E-state index contributed by atoms with van der Waals surface area (Å²) in [6.07, 6.45) is 0. The minimum Gasteiger partial charge on any atom is -0.336 e. The molecule has 0 bridgehead atoms. The topological polar surface area (TPSA) is 63.5 Å². The lowest BCUT2D eigenvalue weighted by atomic mass is 10.1. The Morgan fingerprint density at radius 1 is 1.50 bits per heavy atom. The van der Waals surface area contributed by atoms with Crippen LogP contribution in [0.1, 0.15) is 31.1 Å². The summed E-state index contributed by atoms with van der Waals surface area (Å²) in [4.78, 5) is 23.5. The number of hydrogen-bond donors (Lipinski definition) is 0. The Kier molecular flexibility index (Phi) is 4.36. The molecule has 1 aromatic carbocycles.